The van der Waals surface area contributed by atoms with Crippen LogP contribution in [0.4, 0.5) is 0 Å². The van der Waals surface area contributed by atoms with E-state index >= 15 is 0 Å². The highest BCUT2D eigenvalue weighted by molar-refractivity contribution is 5.69. The summed E-state index contributed by atoms with van der Waals surface area (Å²) in [4.78, 5) is 18.8. The van der Waals surface area contributed by atoms with E-state index in [1.54, 1.807) is 6.20 Å². The summed E-state index contributed by atoms with van der Waals surface area (Å²) in [6.45, 7) is 0. The van der Waals surface area contributed by atoms with Crippen LogP contribution in [-0.2, 0) is 16.8 Å². The SMILES string of the molecule is N[C@]1(CC(=O)O)CCCc2ncncc21. The van der Waals surface area contributed by atoms with E-state index in [0.29, 0.717) is 6.42 Å². The van der Waals surface area contributed by atoms with E-state index in [2.05, 4.69) is 9.97 Å². The molecule has 1 atom stereocenters. The Morgan fingerprint density at radius 3 is 3.20 bits per heavy atom. The van der Waals surface area contributed by atoms with Crippen LogP contribution in [0, 0.1) is 0 Å². The quantitative estimate of drug-likeness (QED) is 0.734. The number of fused-ring (bicyclic) bond motifs is 1. The number of hydrogen-bond acceptors (Lipinski definition) is 4. The van der Waals surface area contributed by atoms with Crippen molar-refractivity contribution in [3.8, 4) is 0 Å². The van der Waals surface area contributed by atoms with Crippen LogP contribution in [0.3, 0.4) is 0 Å². The van der Waals surface area contributed by atoms with Gasteiger partial charge >= 0.3 is 5.97 Å². The largest absolute Gasteiger partial charge is 0.481 e. The molecule has 0 fully saturated rings. The second-order valence-corrected chi connectivity index (χ2v) is 3.96. The molecule has 0 saturated carbocycles. The molecule has 0 amide bonds. The van der Waals surface area contributed by atoms with Crippen LogP contribution in [0.25, 0.3) is 0 Å². The number of rotatable bonds is 2. The van der Waals surface area contributed by atoms with E-state index < -0.39 is 11.5 Å². The van der Waals surface area contributed by atoms with Crippen molar-refractivity contribution < 1.29 is 9.90 Å². The highest BCUT2D eigenvalue weighted by Gasteiger charge is 2.35. The van der Waals surface area contributed by atoms with Gasteiger partial charge in [-0.25, -0.2) is 9.97 Å². The first-order valence-corrected chi connectivity index (χ1v) is 4.92. The van der Waals surface area contributed by atoms with Gasteiger partial charge < -0.3 is 10.8 Å². The van der Waals surface area contributed by atoms with Crippen LogP contribution in [0.2, 0.25) is 0 Å². The van der Waals surface area contributed by atoms with Crippen molar-refractivity contribution >= 4 is 5.97 Å². The molecule has 3 N–H and O–H groups in total. The molecule has 5 nitrogen and oxygen atoms in total. The van der Waals surface area contributed by atoms with E-state index in [-0.39, 0.29) is 6.42 Å². The summed E-state index contributed by atoms with van der Waals surface area (Å²) in [6.07, 6.45) is 5.48. The van der Waals surface area contributed by atoms with Gasteiger partial charge in [-0.05, 0) is 19.3 Å². The fourth-order valence-corrected chi connectivity index (χ4v) is 2.13. The minimum atomic E-state index is -0.880. The minimum absolute atomic E-state index is 0.0621. The zero-order valence-electron chi connectivity index (χ0n) is 8.31. The van der Waals surface area contributed by atoms with Crippen molar-refractivity contribution in [2.45, 2.75) is 31.2 Å². The average molecular weight is 207 g/mol. The number of nitrogens with zero attached hydrogens (tertiary/aromatic N) is 2. The van der Waals surface area contributed by atoms with Crippen molar-refractivity contribution in [2.75, 3.05) is 0 Å². The van der Waals surface area contributed by atoms with E-state index in [9.17, 15) is 4.79 Å². The lowest BCUT2D eigenvalue weighted by molar-refractivity contribution is -0.138. The molecule has 5 heteroatoms. The van der Waals surface area contributed by atoms with Gasteiger partial charge in [0.25, 0.3) is 0 Å². The molecule has 80 valence electrons. The highest BCUT2D eigenvalue weighted by Crippen LogP contribution is 2.34. The van der Waals surface area contributed by atoms with Crippen molar-refractivity contribution in [3.05, 3.63) is 23.8 Å². The predicted molar refractivity (Wildman–Crippen MR) is 53.1 cm³/mol. The van der Waals surface area contributed by atoms with Crippen molar-refractivity contribution in [1.29, 1.82) is 0 Å². The molecule has 0 aliphatic heterocycles. The first kappa shape index (κ1) is 10.0. The van der Waals surface area contributed by atoms with Gasteiger partial charge in [0, 0.05) is 17.5 Å². The molecule has 0 unspecified atom stereocenters. The lowest BCUT2D eigenvalue weighted by Gasteiger charge is -2.33. The summed E-state index contributed by atoms with van der Waals surface area (Å²) in [5.41, 5.74) is 7.00. The maximum Gasteiger partial charge on any atom is 0.305 e. The predicted octanol–water partition coefficient (Wildman–Crippen LogP) is 0.442. The standard InChI is InChI=1S/C10H13N3O2/c11-10(4-9(14)15)3-1-2-8-7(10)5-12-6-13-8/h5-6H,1-4,11H2,(H,14,15)/t10-/m0/s1. The van der Waals surface area contributed by atoms with E-state index in [1.807, 2.05) is 0 Å². The van der Waals surface area contributed by atoms with Crippen molar-refractivity contribution in [3.63, 3.8) is 0 Å². The van der Waals surface area contributed by atoms with Gasteiger partial charge in [-0.3, -0.25) is 4.79 Å². The van der Waals surface area contributed by atoms with Gasteiger partial charge in [0.2, 0.25) is 0 Å². The van der Waals surface area contributed by atoms with Gasteiger partial charge in [0.15, 0.2) is 0 Å². The number of nitrogens with two attached hydrogens (primary N) is 1. The Kier molecular flexibility index (Phi) is 2.40. The third-order valence-corrected chi connectivity index (χ3v) is 2.83. The van der Waals surface area contributed by atoms with Crippen molar-refractivity contribution in [2.24, 2.45) is 5.73 Å². The molecule has 1 aliphatic rings. The maximum atomic E-state index is 10.8. The Morgan fingerprint density at radius 2 is 2.47 bits per heavy atom. The molecular weight excluding hydrogens is 194 g/mol. The summed E-state index contributed by atoms with van der Waals surface area (Å²) in [5, 5.41) is 8.84. The van der Waals surface area contributed by atoms with Gasteiger partial charge in [-0.1, -0.05) is 0 Å². The fraction of sp³-hybridized carbons (Fsp3) is 0.500. The molecule has 1 aliphatic carbocycles. The number of aryl methyl sites for hydroxylation is 1. The van der Waals surface area contributed by atoms with Gasteiger partial charge in [-0.15, -0.1) is 0 Å². The van der Waals surface area contributed by atoms with E-state index in [0.717, 1.165) is 24.1 Å². The van der Waals surface area contributed by atoms with Crippen molar-refractivity contribution in [1.82, 2.24) is 9.97 Å². The first-order valence-electron chi connectivity index (χ1n) is 4.92. The number of aliphatic carboxylic acids is 1. The molecule has 1 aromatic heterocycles. The first-order chi connectivity index (χ1) is 7.12. The molecule has 2 rings (SSSR count). The Balaban J connectivity index is 2.40. The van der Waals surface area contributed by atoms with Crippen LogP contribution in [0.5, 0.6) is 0 Å². The third kappa shape index (κ3) is 1.83. The van der Waals surface area contributed by atoms with Crippen LogP contribution in [-0.4, -0.2) is 21.0 Å². The molecule has 1 aromatic rings. The van der Waals surface area contributed by atoms with Crippen LogP contribution in [0.1, 0.15) is 30.5 Å². The fourth-order valence-electron chi connectivity index (χ4n) is 2.13. The molecule has 0 radical (unpaired) electrons. The number of carboxylic acids is 1. The molecule has 0 spiro atoms. The van der Waals surface area contributed by atoms with Crippen LogP contribution < -0.4 is 5.73 Å². The van der Waals surface area contributed by atoms with E-state index in [1.165, 1.54) is 6.33 Å². The highest BCUT2D eigenvalue weighted by atomic mass is 16.4. The smallest absolute Gasteiger partial charge is 0.305 e. The molecule has 0 saturated heterocycles. The second-order valence-electron chi connectivity index (χ2n) is 3.96. The summed E-state index contributed by atoms with van der Waals surface area (Å²) < 4.78 is 0. The zero-order chi connectivity index (χ0) is 10.9. The minimum Gasteiger partial charge on any atom is -0.481 e. The Labute approximate surface area is 87.4 Å². The molecule has 0 bridgehead atoms. The normalized spacial score (nSPS) is 24.6. The number of hydrogen-bond donors (Lipinski definition) is 2. The summed E-state index contributed by atoms with van der Waals surface area (Å²) in [7, 11) is 0. The molecule has 15 heavy (non-hydrogen) atoms. The molecular formula is C10H13N3O2. The zero-order valence-corrected chi connectivity index (χ0v) is 8.31. The lowest BCUT2D eigenvalue weighted by Crippen LogP contribution is -2.42. The summed E-state index contributed by atoms with van der Waals surface area (Å²) in [6, 6.07) is 0. The molecule has 0 aromatic carbocycles. The van der Waals surface area contributed by atoms with Gasteiger partial charge in [0.05, 0.1) is 12.0 Å². The maximum absolute atomic E-state index is 10.8. The van der Waals surface area contributed by atoms with E-state index in [4.69, 9.17) is 10.8 Å². The molecule has 1 heterocycles. The van der Waals surface area contributed by atoms with Crippen LogP contribution >= 0.6 is 0 Å². The second kappa shape index (κ2) is 3.58. The summed E-state index contributed by atoms with van der Waals surface area (Å²) >= 11 is 0. The third-order valence-electron chi connectivity index (χ3n) is 2.83. The topological polar surface area (TPSA) is 89.1 Å². The van der Waals surface area contributed by atoms with Gasteiger partial charge in [0.1, 0.15) is 6.33 Å². The lowest BCUT2D eigenvalue weighted by atomic mass is 9.78. The Bertz CT molecular complexity index is 394. The number of carbonyl (C=O) groups is 1. The number of aromatic nitrogens is 2. The number of carboxylic acid groups (broad SMARTS) is 1. The Hall–Kier alpha value is -1.49. The van der Waals surface area contributed by atoms with Gasteiger partial charge in [-0.2, -0.15) is 0 Å². The Morgan fingerprint density at radius 1 is 1.67 bits per heavy atom. The monoisotopic (exact) mass is 207 g/mol. The van der Waals surface area contributed by atoms with Crippen LogP contribution in [0.15, 0.2) is 12.5 Å². The average Bonchev–Trinajstić information content (AvgIpc) is 2.17. The summed E-state index contributed by atoms with van der Waals surface area (Å²) in [5.74, 6) is -0.880.